The first-order valence-corrected chi connectivity index (χ1v) is 6.48. The summed E-state index contributed by atoms with van der Waals surface area (Å²) in [5.74, 6) is 0.536. The first-order valence-electron chi connectivity index (χ1n) is 6.48. The first-order chi connectivity index (χ1) is 8.63. The number of nitrogens with one attached hydrogen (secondary N) is 1. The van der Waals surface area contributed by atoms with Crippen LogP contribution in [0.3, 0.4) is 0 Å². The minimum absolute atomic E-state index is 0.119. The van der Waals surface area contributed by atoms with Crippen LogP contribution < -0.4 is 0 Å². The number of H-pyrrole nitrogens is 1. The summed E-state index contributed by atoms with van der Waals surface area (Å²) in [6.45, 7) is 7.42. The third-order valence-corrected chi connectivity index (χ3v) is 2.73. The zero-order valence-electron chi connectivity index (χ0n) is 11.2. The lowest BCUT2D eigenvalue weighted by atomic mass is 10.1. The number of aromatic amines is 1. The number of rotatable bonds is 8. The van der Waals surface area contributed by atoms with Gasteiger partial charge in [-0.15, -0.1) is 0 Å². The van der Waals surface area contributed by atoms with Crippen molar-refractivity contribution in [2.75, 3.05) is 0 Å². The van der Waals surface area contributed by atoms with Gasteiger partial charge in [-0.05, 0) is 19.8 Å². The fourth-order valence-electron chi connectivity index (χ4n) is 1.70. The summed E-state index contributed by atoms with van der Waals surface area (Å²) in [6, 6.07) is 0. The van der Waals surface area contributed by atoms with E-state index in [4.69, 9.17) is 4.74 Å². The van der Waals surface area contributed by atoms with Gasteiger partial charge in [0, 0.05) is 24.4 Å². The standard InChI is InChI=1S/C14H22N2O2/c1-4-5-6-7-12(18-14(17)11(2)3)10-13-15-8-9-16-13/h8-9,12H,2,4-7,10H2,1,3H3,(H,15,16). The molecule has 0 radical (unpaired) electrons. The smallest absolute Gasteiger partial charge is 0.333 e. The number of ether oxygens (including phenoxy) is 1. The highest BCUT2D eigenvalue weighted by Crippen LogP contribution is 2.12. The SMILES string of the molecule is C=C(C)C(=O)OC(CCCCC)Cc1ncc[nH]1. The van der Waals surface area contributed by atoms with Crippen LogP contribution in [0.2, 0.25) is 0 Å². The minimum Gasteiger partial charge on any atom is -0.459 e. The van der Waals surface area contributed by atoms with E-state index in [0.29, 0.717) is 12.0 Å². The van der Waals surface area contributed by atoms with Crippen LogP contribution in [0.15, 0.2) is 24.5 Å². The van der Waals surface area contributed by atoms with Crippen molar-refractivity contribution >= 4 is 5.97 Å². The first kappa shape index (κ1) is 14.5. The van der Waals surface area contributed by atoms with E-state index >= 15 is 0 Å². The van der Waals surface area contributed by atoms with Crippen molar-refractivity contribution in [2.24, 2.45) is 0 Å². The molecule has 1 heterocycles. The largest absolute Gasteiger partial charge is 0.459 e. The molecule has 0 bridgehead atoms. The zero-order chi connectivity index (χ0) is 13.4. The maximum atomic E-state index is 11.6. The number of hydrogen-bond acceptors (Lipinski definition) is 3. The summed E-state index contributed by atoms with van der Waals surface area (Å²) in [6.07, 6.45) is 8.24. The van der Waals surface area contributed by atoms with Gasteiger partial charge in [-0.2, -0.15) is 0 Å². The van der Waals surface area contributed by atoms with Crippen molar-refractivity contribution in [2.45, 2.75) is 52.1 Å². The quantitative estimate of drug-likeness (QED) is 0.438. The molecule has 0 aliphatic heterocycles. The van der Waals surface area contributed by atoms with Crippen molar-refractivity contribution in [1.82, 2.24) is 9.97 Å². The Morgan fingerprint density at radius 2 is 2.33 bits per heavy atom. The van der Waals surface area contributed by atoms with Crippen molar-refractivity contribution < 1.29 is 9.53 Å². The van der Waals surface area contributed by atoms with Crippen LogP contribution in [0.25, 0.3) is 0 Å². The molecule has 4 nitrogen and oxygen atoms in total. The topological polar surface area (TPSA) is 55.0 Å². The van der Waals surface area contributed by atoms with E-state index in [1.165, 1.54) is 0 Å². The number of imidazole rings is 1. The Morgan fingerprint density at radius 1 is 1.56 bits per heavy atom. The minimum atomic E-state index is -0.317. The van der Waals surface area contributed by atoms with Crippen molar-refractivity contribution in [3.8, 4) is 0 Å². The predicted octanol–water partition coefficient (Wildman–Crippen LogP) is 3.02. The lowest BCUT2D eigenvalue weighted by Gasteiger charge is -2.16. The van der Waals surface area contributed by atoms with Crippen LogP contribution in [0.4, 0.5) is 0 Å². The fourth-order valence-corrected chi connectivity index (χ4v) is 1.70. The van der Waals surface area contributed by atoms with Gasteiger partial charge in [0.2, 0.25) is 0 Å². The highest BCUT2D eigenvalue weighted by Gasteiger charge is 2.16. The maximum absolute atomic E-state index is 11.6. The molecule has 1 atom stereocenters. The molecule has 0 aliphatic rings. The normalized spacial score (nSPS) is 12.1. The van der Waals surface area contributed by atoms with Crippen LogP contribution in [-0.4, -0.2) is 22.0 Å². The second-order valence-corrected chi connectivity index (χ2v) is 4.54. The van der Waals surface area contributed by atoms with Gasteiger partial charge in [-0.1, -0.05) is 26.3 Å². The average molecular weight is 250 g/mol. The monoisotopic (exact) mass is 250 g/mol. The van der Waals surface area contributed by atoms with Crippen LogP contribution in [0.1, 0.15) is 45.4 Å². The molecule has 0 saturated heterocycles. The van der Waals surface area contributed by atoms with Crippen LogP contribution in [-0.2, 0) is 16.0 Å². The number of hydrogen-bond donors (Lipinski definition) is 1. The molecule has 0 spiro atoms. The van der Waals surface area contributed by atoms with E-state index in [1.54, 1.807) is 19.3 Å². The molecule has 1 unspecified atom stereocenters. The van der Waals surface area contributed by atoms with Gasteiger partial charge in [0.05, 0.1) is 0 Å². The van der Waals surface area contributed by atoms with E-state index in [1.807, 2.05) is 0 Å². The Labute approximate surface area is 108 Å². The molecule has 100 valence electrons. The third-order valence-electron chi connectivity index (χ3n) is 2.73. The summed E-state index contributed by atoms with van der Waals surface area (Å²) in [5, 5.41) is 0. The Kier molecular flexibility index (Phi) is 6.19. The van der Waals surface area contributed by atoms with E-state index in [2.05, 4.69) is 23.5 Å². The molecular weight excluding hydrogens is 228 g/mol. The van der Waals surface area contributed by atoms with Gasteiger partial charge in [0.25, 0.3) is 0 Å². The number of aromatic nitrogens is 2. The fraction of sp³-hybridized carbons (Fsp3) is 0.571. The predicted molar refractivity (Wildman–Crippen MR) is 71.1 cm³/mol. The Bertz CT molecular complexity index is 371. The lowest BCUT2D eigenvalue weighted by Crippen LogP contribution is -2.21. The van der Waals surface area contributed by atoms with E-state index in [0.717, 1.165) is 31.5 Å². The molecule has 1 aromatic heterocycles. The molecule has 1 aromatic rings. The van der Waals surface area contributed by atoms with Gasteiger partial charge in [0.1, 0.15) is 11.9 Å². The van der Waals surface area contributed by atoms with Crippen molar-refractivity contribution in [1.29, 1.82) is 0 Å². The molecule has 4 heteroatoms. The third kappa shape index (κ3) is 5.17. The van der Waals surface area contributed by atoms with Crippen LogP contribution in [0, 0.1) is 0 Å². The van der Waals surface area contributed by atoms with Crippen molar-refractivity contribution in [3.05, 3.63) is 30.4 Å². The number of nitrogens with zero attached hydrogens (tertiary/aromatic N) is 1. The Hall–Kier alpha value is -1.58. The summed E-state index contributed by atoms with van der Waals surface area (Å²) in [5.41, 5.74) is 0.440. The van der Waals surface area contributed by atoms with E-state index < -0.39 is 0 Å². The molecule has 0 fully saturated rings. The second kappa shape index (κ2) is 7.69. The van der Waals surface area contributed by atoms with Gasteiger partial charge in [-0.3, -0.25) is 0 Å². The van der Waals surface area contributed by atoms with Crippen LogP contribution in [0.5, 0.6) is 0 Å². The number of unbranched alkanes of at least 4 members (excludes halogenated alkanes) is 2. The molecule has 18 heavy (non-hydrogen) atoms. The molecule has 0 saturated carbocycles. The second-order valence-electron chi connectivity index (χ2n) is 4.54. The molecule has 0 aromatic carbocycles. The summed E-state index contributed by atoms with van der Waals surface area (Å²) < 4.78 is 5.43. The Morgan fingerprint density at radius 3 is 2.89 bits per heavy atom. The van der Waals surface area contributed by atoms with Gasteiger partial charge in [-0.25, -0.2) is 9.78 Å². The van der Waals surface area contributed by atoms with E-state index in [9.17, 15) is 4.79 Å². The van der Waals surface area contributed by atoms with Crippen molar-refractivity contribution in [3.63, 3.8) is 0 Å². The zero-order valence-corrected chi connectivity index (χ0v) is 11.2. The molecular formula is C14H22N2O2. The number of carbonyl (C=O) groups is 1. The van der Waals surface area contributed by atoms with Gasteiger partial charge >= 0.3 is 5.97 Å². The van der Waals surface area contributed by atoms with Crippen LogP contribution >= 0.6 is 0 Å². The summed E-state index contributed by atoms with van der Waals surface area (Å²) >= 11 is 0. The highest BCUT2D eigenvalue weighted by atomic mass is 16.5. The number of esters is 1. The maximum Gasteiger partial charge on any atom is 0.333 e. The molecule has 1 rings (SSSR count). The Balaban J connectivity index is 2.51. The van der Waals surface area contributed by atoms with Gasteiger partial charge < -0.3 is 9.72 Å². The average Bonchev–Trinajstić information content (AvgIpc) is 2.81. The summed E-state index contributed by atoms with van der Waals surface area (Å²) in [7, 11) is 0. The lowest BCUT2D eigenvalue weighted by molar-refractivity contribution is -0.144. The molecule has 1 N–H and O–H groups in total. The van der Waals surface area contributed by atoms with E-state index in [-0.39, 0.29) is 12.1 Å². The molecule has 0 amide bonds. The molecule has 0 aliphatic carbocycles. The summed E-state index contributed by atoms with van der Waals surface area (Å²) in [4.78, 5) is 18.8. The highest BCUT2D eigenvalue weighted by molar-refractivity contribution is 5.87. The number of carbonyl (C=O) groups excluding carboxylic acids is 1. The van der Waals surface area contributed by atoms with Gasteiger partial charge in [0.15, 0.2) is 0 Å².